The molecule has 0 aromatic heterocycles. The van der Waals surface area contributed by atoms with Crippen LogP contribution in [0.4, 0.5) is 27.2 Å². The van der Waals surface area contributed by atoms with Crippen LogP contribution in [0.3, 0.4) is 0 Å². The highest BCUT2D eigenvalue weighted by atomic mass is 19.4. The van der Waals surface area contributed by atoms with Crippen LogP contribution in [0.25, 0.3) is 0 Å². The van der Waals surface area contributed by atoms with Crippen molar-refractivity contribution >= 4 is 12.2 Å². The number of carbonyl (C=O) groups excluding carboxylic acids is 2. The summed E-state index contributed by atoms with van der Waals surface area (Å²) in [6.07, 6.45) is -4.66. The summed E-state index contributed by atoms with van der Waals surface area (Å²) in [6, 6.07) is 2.43. The zero-order valence-electron chi connectivity index (χ0n) is 17.9. The summed E-state index contributed by atoms with van der Waals surface area (Å²) in [5.41, 5.74) is -2.90. The van der Waals surface area contributed by atoms with Gasteiger partial charge in [0.05, 0.1) is 24.3 Å². The van der Waals surface area contributed by atoms with Crippen molar-refractivity contribution in [2.45, 2.75) is 63.4 Å². The number of amides is 2. The van der Waals surface area contributed by atoms with Gasteiger partial charge in [-0.2, -0.15) is 13.2 Å². The second-order valence-electron chi connectivity index (χ2n) is 8.92. The van der Waals surface area contributed by atoms with E-state index in [1.165, 1.54) is 23.0 Å². The lowest BCUT2D eigenvalue weighted by atomic mass is 9.97. The third-order valence-electron chi connectivity index (χ3n) is 5.61. The lowest BCUT2D eigenvalue weighted by Crippen LogP contribution is -2.59. The Morgan fingerprint density at radius 3 is 2.32 bits per heavy atom. The van der Waals surface area contributed by atoms with Crippen molar-refractivity contribution in [1.82, 2.24) is 9.80 Å². The van der Waals surface area contributed by atoms with Gasteiger partial charge in [-0.15, -0.1) is 0 Å². The molecule has 0 N–H and O–H groups in total. The van der Waals surface area contributed by atoms with Gasteiger partial charge in [-0.05, 0) is 57.7 Å². The van der Waals surface area contributed by atoms with Gasteiger partial charge in [0.2, 0.25) is 0 Å². The fourth-order valence-corrected chi connectivity index (χ4v) is 3.80. The topological polar surface area (TPSA) is 59.1 Å². The monoisotopic (exact) mass is 446 g/mol. The fourth-order valence-electron chi connectivity index (χ4n) is 3.80. The average Bonchev–Trinajstić information content (AvgIpc) is 3.40. The Morgan fingerprint density at radius 1 is 1.23 bits per heavy atom. The molecule has 3 rings (SSSR count). The minimum absolute atomic E-state index is 0.0741. The molecule has 1 heterocycles. The normalized spacial score (nSPS) is 20.0. The number of halogens is 4. The average molecular weight is 446 g/mol. The van der Waals surface area contributed by atoms with Gasteiger partial charge in [-0.25, -0.2) is 14.0 Å². The largest absolute Gasteiger partial charge is 0.453 e. The third-order valence-corrected chi connectivity index (χ3v) is 5.61. The van der Waals surface area contributed by atoms with Crippen LogP contribution in [-0.4, -0.2) is 53.8 Å². The molecule has 1 unspecified atom stereocenters. The molecule has 1 aromatic carbocycles. The van der Waals surface area contributed by atoms with Crippen LogP contribution in [0.15, 0.2) is 18.2 Å². The van der Waals surface area contributed by atoms with Gasteiger partial charge in [-0.3, -0.25) is 4.90 Å². The van der Waals surface area contributed by atoms with Crippen molar-refractivity contribution in [3.8, 4) is 0 Å². The van der Waals surface area contributed by atoms with E-state index in [-0.39, 0.29) is 18.2 Å². The van der Waals surface area contributed by atoms with Gasteiger partial charge in [0.25, 0.3) is 0 Å². The minimum Gasteiger partial charge on any atom is -0.453 e. The van der Waals surface area contributed by atoms with E-state index in [2.05, 4.69) is 0 Å². The molecular formula is C21H26F4N2O4. The SMILES string of the molecule is COC(=O)N(CC1CCN1C(=O)OC(C)(C)C)C1(c2ccc(F)c(C(F)(F)F)c2)CC1. The van der Waals surface area contributed by atoms with Crippen LogP contribution >= 0.6 is 0 Å². The van der Waals surface area contributed by atoms with E-state index in [0.29, 0.717) is 25.8 Å². The van der Waals surface area contributed by atoms with Gasteiger partial charge >= 0.3 is 18.4 Å². The first-order chi connectivity index (χ1) is 14.3. The molecule has 1 saturated heterocycles. The first-order valence-corrected chi connectivity index (χ1v) is 10.0. The van der Waals surface area contributed by atoms with Gasteiger partial charge in [0.15, 0.2) is 0 Å². The quantitative estimate of drug-likeness (QED) is 0.617. The maximum absolute atomic E-state index is 13.8. The molecule has 6 nitrogen and oxygen atoms in total. The third kappa shape index (κ3) is 4.72. The van der Waals surface area contributed by atoms with Crippen LogP contribution in [0.2, 0.25) is 0 Å². The number of alkyl halides is 3. The van der Waals surface area contributed by atoms with E-state index >= 15 is 0 Å². The summed E-state index contributed by atoms with van der Waals surface area (Å²) in [5, 5.41) is 0. The fraction of sp³-hybridized carbons (Fsp3) is 0.619. The molecular weight excluding hydrogens is 420 g/mol. The second kappa shape index (κ2) is 7.87. The molecule has 2 amide bonds. The Balaban J connectivity index is 1.85. The van der Waals surface area contributed by atoms with Crippen LogP contribution < -0.4 is 0 Å². The molecule has 10 heteroatoms. The van der Waals surface area contributed by atoms with Crippen LogP contribution in [-0.2, 0) is 21.2 Å². The maximum atomic E-state index is 13.8. The predicted octanol–water partition coefficient (Wildman–Crippen LogP) is 4.91. The van der Waals surface area contributed by atoms with Crippen molar-refractivity contribution in [2.24, 2.45) is 0 Å². The highest BCUT2D eigenvalue weighted by molar-refractivity contribution is 5.71. The molecule has 172 valence electrons. The number of hydrogen-bond acceptors (Lipinski definition) is 4. The summed E-state index contributed by atoms with van der Waals surface area (Å²) in [4.78, 5) is 27.8. The summed E-state index contributed by atoms with van der Waals surface area (Å²) in [5.74, 6) is -1.37. The number of methoxy groups -OCH3 is 1. The van der Waals surface area contributed by atoms with Gasteiger partial charge in [0.1, 0.15) is 11.4 Å². The molecule has 1 aliphatic heterocycles. The summed E-state index contributed by atoms with van der Waals surface area (Å²) in [6.45, 7) is 5.76. The lowest BCUT2D eigenvalue weighted by Gasteiger charge is -2.45. The van der Waals surface area contributed by atoms with E-state index in [4.69, 9.17) is 9.47 Å². The molecule has 1 saturated carbocycles. The van der Waals surface area contributed by atoms with E-state index in [1.807, 2.05) is 0 Å². The van der Waals surface area contributed by atoms with E-state index < -0.39 is 40.9 Å². The number of benzene rings is 1. The predicted molar refractivity (Wildman–Crippen MR) is 103 cm³/mol. The smallest absolute Gasteiger partial charge is 0.419 e. The maximum Gasteiger partial charge on any atom is 0.419 e. The van der Waals surface area contributed by atoms with Crippen molar-refractivity contribution in [3.05, 3.63) is 35.1 Å². The number of hydrogen-bond donors (Lipinski definition) is 0. The first-order valence-electron chi connectivity index (χ1n) is 10.0. The molecule has 1 atom stereocenters. The van der Waals surface area contributed by atoms with Crippen molar-refractivity contribution < 1.29 is 36.6 Å². The van der Waals surface area contributed by atoms with E-state index in [9.17, 15) is 27.2 Å². The molecule has 0 radical (unpaired) electrons. The summed E-state index contributed by atoms with van der Waals surface area (Å²) < 4.78 is 63.7. The molecule has 0 bridgehead atoms. The molecule has 2 aliphatic rings. The number of ether oxygens (including phenoxy) is 2. The molecule has 0 spiro atoms. The Labute approximate surface area is 178 Å². The van der Waals surface area contributed by atoms with Crippen LogP contribution in [0.5, 0.6) is 0 Å². The van der Waals surface area contributed by atoms with E-state index in [1.54, 1.807) is 20.8 Å². The van der Waals surface area contributed by atoms with Crippen molar-refractivity contribution in [1.29, 1.82) is 0 Å². The Bertz CT molecular complexity index is 862. The molecule has 1 aliphatic carbocycles. The first kappa shape index (κ1) is 23.1. The Hall–Kier alpha value is -2.52. The molecule has 2 fully saturated rings. The van der Waals surface area contributed by atoms with Crippen LogP contribution in [0, 0.1) is 5.82 Å². The lowest BCUT2D eigenvalue weighted by molar-refractivity contribution is -0.140. The standard InChI is InChI=1S/C21H26F4N2O4/c1-19(2,3)31-17(28)26-10-7-14(26)12-27(18(29)30-4)20(8-9-20)13-5-6-16(22)15(11-13)21(23,24)25/h5-6,11,14H,7-10,12H2,1-4H3. The van der Waals surface area contributed by atoms with Crippen molar-refractivity contribution in [3.63, 3.8) is 0 Å². The van der Waals surface area contributed by atoms with E-state index in [0.717, 1.165) is 12.1 Å². The number of nitrogens with zero attached hydrogens (tertiary/aromatic N) is 2. The summed E-state index contributed by atoms with van der Waals surface area (Å²) >= 11 is 0. The number of rotatable bonds is 4. The highest BCUT2D eigenvalue weighted by Crippen LogP contribution is 2.52. The second-order valence-corrected chi connectivity index (χ2v) is 8.92. The zero-order chi connectivity index (χ0) is 23.2. The minimum atomic E-state index is -4.85. The number of carbonyl (C=O) groups is 2. The molecule has 31 heavy (non-hydrogen) atoms. The molecule has 1 aromatic rings. The highest BCUT2D eigenvalue weighted by Gasteiger charge is 2.54. The number of likely N-dealkylation sites (tertiary alicyclic amines) is 1. The zero-order valence-corrected chi connectivity index (χ0v) is 17.9. The van der Waals surface area contributed by atoms with Gasteiger partial charge in [0, 0.05) is 13.1 Å². The van der Waals surface area contributed by atoms with Crippen molar-refractivity contribution in [2.75, 3.05) is 20.2 Å². The Kier molecular flexibility index (Phi) is 5.88. The van der Waals surface area contributed by atoms with Gasteiger partial charge in [-0.1, -0.05) is 6.07 Å². The Morgan fingerprint density at radius 2 is 1.87 bits per heavy atom. The van der Waals surface area contributed by atoms with Gasteiger partial charge < -0.3 is 14.4 Å². The van der Waals surface area contributed by atoms with Crippen LogP contribution in [0.1, 0.15) is 51.2 Å². The summed E-state index contributed by atoms with van der Waals surface area (Å²) in [7, 11) is 1.18.